The van der Waals surface area contributed by atoms with Crippen molar-refractivity contribution >= 4 is 11.3 Å². The lowest BCUT2D eigenvalue weighted by Gasteiger charge is -2.28. The molecule has 1 aromatic heterocycles. The lowest BCUT2D eigenvalue weighted by Crippen LogP contribution is -2.31. The van der Waals surface area contributed by atoms with E-state index in [1.807, 2.05) is 11.3 Å². The van der Waals surface area contributed by atoms with Crippen molar-refractivity contribution < 1.29 is 0 Å². The zero-order chi connectivity index (χ0) is 11.2. The molecule has 1 nitrogen and oxygen atoms in total. The molecular formula is C14H21NS. The number of hydrogen-bond acceptors (Lipinski definition) is 2. The van der Waals surface area contributed by atoms with Gasteiger partial charge in [0.2, 0.25) is 0 Å². The zero-order valence-corrected chi connectivity index (χ0v) is 10.9. The number of thiophene rings is 1. The molecule has 2 heteroatoms. The second-order valence-corrected chi connectivity index (χ2v) is 7.02. The monoisotopic (exact) mass is 235 g/mol. The molecule has 0 amide bonds. The van der Waals surface area contributed by atoms with Gasteiger partial charge in [0.05, 0.1) is 0 Å². The largest absolute Gasteiger partial charge is 0.330 e. The molecule has 0 aromatic carbocycles. The number of hydrogen-bond donors (Lipinski definition) is 1. The van der Waals surface area contributed by atoms with Crippen LogP contribution in [0.25, 0.3) is 0 Å². The summed E-state index contributed by atoms with van der Waals surface area (Å²) in [7, 11) is 0. The Morgan fingerprint density at radius 1 is 1.31 bits per heavy atom. The average Bonchev–Trinajstić information content (AvgIpc) is 2.76. The van der Waals surface area contributed by atoms with Crippen LogP contribution < -0.4 is 5.73 Å². The van der Waals surface area contributed by atoms with Gasteiger partial charge in [-0.3, -0.25) is 0 Å². The van der Waals surface area contributed by atoms with Gasteiger partial charge in [-0.05, 0) is 68.0 Å². The van der Waals surface area contributed by atoms with Crippen molar-refractivity contribution in [2.45, 2.75) is 39.0 Å². The van der Waals surface area contributed by atoms with E-state index in [1.165, 1.54) is 37.0 Å². The summed E-state index contributed by atoms with van der Waals surface area (Å²) >= 11 is 1.99. The minimum atomic E-state index is 0.462. The molecule has 0 aliphatic heterocycles. The highest BCUT2D eigenvalue weighted by Gasteiger charge is 2.52. The molecule has 2 fully saturated rings. The van der Waals surface area contributed by atoms with Gasteiger partial charge >= 0.3 is 0 Å². The van der Waals surface area contributed by atoms with E-state index < -0.39 is 0 Å². The second kappa shape index (κ2) is 3.85. The molecule has 2 aliphatic carbocycles. The summed E-state index contributed by atoms with van der Waals surface area (Å²) < 4.78 is 0. The molecule has 0 spiro atoms. The van der Waals surface area contributed by atoms with Crippen molar-refractivity contribution in [3.63, 3.8) is 0 Å². The van der Waals surface area contributed by atoms with E-state index in [9.17, 15) is 0 Å². The van der Waals surface area contributed by atoms with Gasteiger partial charge in [-0.25, -0.2) is 0 Å². The molecule has 2 unspecified atom stereocenters. The first kappa shape index (κ1) is 10.8. The Kier molecular flexibility index (Phi) is 2.60. The third-order valence-corrected chi connectivity index (χ3v) is 5.74. The fraction of sp³-hybridized carbons (Fsp3) is 0.714. The van der Waals surface area contributed by atoms with Crippen molar-refractivity contribution in [1.29, 1.82) is 0 Å². The predicted molar refractivity (Wildman–Crippen MR) is 69.7 cm³/mol. The number of nitrogens with two attached hydrogens (primary N) is 1. The fourth-order valence-corrected chi connectivity index (χ4v) is 4.60. The quantitative estimate of drug-likeness (QED) is 0.852. The molecule has 88 valence electrons. The first-order valence-electron chi connectivity index (χ1n) is 6.52. The highest BCUT2D eigenvalue weighted by Crippen LogP contribution is 2.60. The maximum absolute atomic E-state index is 6.04. The summed E-state index contributed by atoms with van der Waals surface area (Å²) in [5.41, 5.74) is 6.51. The Labute approximate surface area is 102 Å². The third kappa shape index (κ3) is 1.82. The first-order valence-corrected chi connectivity index (χ1v) is 7.34. The summed E-state index contributed by atoms with van der Waals surface area (Å²) in [5, 5.41) is 0. The van der Waals surface area contributed by atoms with Crippen molar-refractivity contribution in [2.24, 2.45) is 23.0 Å². The molecule has 0 bridgehead atoms. The summed E-state index contributed by atoms with van der Waals surface area (Å²) in [5.74, 6) is 2.07. The van der Waals surface area contributed by atoms with E-state index in [4.69, 9.17) is 5.73 Å². The van der Waals surface area contributed by atoms with Gasteiger partial charge < -0.3 is 5.73 Å². The molecular weight excluding hydrogens is 214 g/mol. The van der Waals surface area contributed by atoms with Crippen molar-refractivity contribution in [3.8, 4) is 0 Å². The Morgan fingerprint density at radius 3 is 2.56 bits per heavy atom. The second-order valence-electron chi connectivity index (χ2n) is 5.77. The van der Waals surface area contributed by atoms with E-state index in [2.05, 4.69) is 19.1 Å². The molecule has 16 heavy (non-hydrogen) atoms. The van der Waals surface area contributed by atoms with Crippen LogP contribution >= 0.6 is 11.3 Å². The summed E-state index contributed by atoms with van der Waals surface area (Å²) in [6.45, 7) is 3.12. The number of rotatable bonds is 4. The SMILES string of the molecule is CCc1ccc(CC2(CN)CC3CC3C2)s1. The molecule has 0 radical (unpaired) electrons. The summed E-state index contributed by atoms with van der Waals surface area (Å²) in [6, 6.07) is 4.62. The van der Waals surface area contributed by atoms with E-state index in [0.717, 1.165) is 18.4 Å². The topological polar surface area (TPSA) is 26.0 Å². The number of fused-ring (bicyclic) bond motifs is 1. The maximum atomic E-state index is 6.04. The molecule has 3 rings (SSSR count). The minimum Gasteiger partial charge on any atom is -0.330 e. The average molecular weight is 235 g/mol. The molecule has 1 aromatic rings. The molecule has 2 saturated carbocycles. The van der Waals surface area contributed by atoms with Gasteiger partial charge in [0.15, 0.2) is 0 Å². The molecule has 2 atom stereocenters. The lowest BCUT2D eigenvalue weighted by molar-refractivity contribution is 0.275. The van der Waals surface area contributed by atoms with Gasteiger partial charge in [-0.2, -0.15) is 0 Å². The molecule has 0 saturated heterocycles. The molecule has 1 heterocycles. The van der Waals surface area contributed by atoms with Gasteiger partial charge in [-0.15, -0.1) is 11.3 Å². The first-order chi connectivity index (χ1) is 7.74. The highest BCUT2D eigenvalue weighted by molar-refractivity contribution is 7.11. The Morgan fingerprint density at radius 2 is 2.00 bits per heavy atom. The highest BCUT2D eigenvalue weighted by atomic mass is 32.1. The van der Waals surface area contributed by atoms with Crippen LogP contribution in [0.3, 0.4) is 0 Å². The molecule has 2 N–H and O–H groups in total. The van der Waals surface area contributed by atoms with Crippen LogP contribution in [0.2, 0.25) is 0 Å². The third-order valence-electron chi connectivity index (χ3n) is 4.51. The lowest BCUT2D eigenvalue weighted by atomic mass is 9.79. The van der Waals surface area contributed by atoms with E-state index >= 15 is 0 Å². The van der Waals surface area contributed by atoms with Gasteiger partial charge in [0.25, 0.3) is 0 Å². The van der Waals surface area contributed by atoms with Crippen LogP contribution in [-0.2, 0) is 12.8 Å². The number of aryl methyl sites for hydroxylation is 1. The molecule has 2 aliphatic rings. The van der Waals surface area contributed by atoms with Gasteiger partial charge in [-0.1, -0.05) is 6.92 Å². The van der Waals surface area contributed by atoms with Crippen molar-refractivity contribution in [2.75, 3.05) is 6.54 Å². The standard InChI is InChI=1S/C14H21NS/c1-2-12-3-4-13(16-12)8-14(9-15)6-10-5-11(10)7-14/h3-4,10-11H,2,5-9,15H2,1H3. The van der Waals surface area contributed by atoms with Crippen LogP contribution in [0, 0.1) is 17.3 Å². The predicted octanol–water partition coefficient (Wildman–Crippen LogP) is 3.23. The van der Waals surface area contributed by atoms with Gasteiger partial charge in [0, 0.05) is 9.75 Å². The summed E-state index contributed by atoms with van der Waals surface area (Å²) in [6.07, 6.45) is 6.69. The van der Waals surface area contributed by atoms with Crippen LogP contribution in [0.1, 0.15) is 35.9 Å². The van der Waals surface area contributed by atoms with Crippen LogP contribution in [-0.4, -0.2) is 6.54 Å². The van der Waals surface area contributed by atoms with E-state index in [0.29, 0.717) is 5.41 Å². The van der Waals surface area contributed by atoms with E-state index in [-0.39, 0.29) is 0 Å². The van der Waals surface area contributed by atoms with E-state index in [1.54, 1.807) is 4.88 Å². The Hall–Kier alpha value is -0.340. The van der Waals surface area contributed by atoms with Crippen LogP contribution in [0.15, 0.2) is 12.1 Å². The smallest absolute Gasteiger partial charge is 0.00541 e. The maximum Gasteiger partial charge on any atom is 0.00541 e. The van der Waals surface area contributed by atoms with Crippen LogP contribution in [0.4, 0.5) is 0 Å². The minimum absolute atomic E-state index is 0.462. The van der Waals surface area contributed by atoms with Gasteiger partial charge in [0.1, 0.15) is 0 Å². The van der Waals surface area contributed by atoms with Crippen molar-refractivity contribution in [1.82, 2.24) is 0 Å². The van der Waals surface area contributed by atoms with Crippen molar-refractivity contribution in [3.05, 3.63) is 21.9 Å². The van der Waals surface area contributed by atoms with Crippen LogP contribution in [0.5, 0.6) is 0 Å². The fourth-order valence-electron chi connectivity index (χ4n) is 3.47. The Balaban J connectivity index is 1.72. The zero-order valence-electron chi connectivity index (χ0n) is 10.0. The summed E-state index contributed by atoms with van der Waals surface area (Å²) in [4.78, 5) is 3.08. The normalized spacial score (nSPS) is 36.4. The Bertz CT molecular complexity index is 372.